The van der Waals surface area contributed by atoms with E-state index in [0.29, 0.717) is 24.9 Å². The molecule has 2 fully saturated rings. The summed E-state index contributed by atoms with van der Waals surface area (Å²) in [6.07, 6.45) is 3.33. The molecule has 2 unspecified atom stereocenters. The summed E-state index contributed by atoms with van der Waals surface area (Å²) in [6.45, 7) is 1.06. The topological polar surface area (TPSA) is 63.4 Å². The zero-order valence-electron chi connectivity index (χ0n) is 10.9. The van der Waals surface area contributed by atoms with Crippen molar-refractivity contribution < 1.29 is 12.8 Å². The minimum Gasteiger partial charge on any atom is -0.396 e. The summed E-state index contributed by atoms with van der Waals surface area (Å²) in [5, 5.41) is -0.117. The highest BCUT2D eigenvalue weighted by atomic mass is 35.5. The summed E-state index contributed by atoms with van der Waals surface area (Å²) in [5.74, 6) is 0.190. The maximum absolute atomic E-state index is 13.3. The van der Waals surface area contributed by atoms with E-state index in [1.54, 1.807) is 0 Å². The fraction of sp³-hybridized carbons (Fsp3) is 0.538. The Morgan fingerprint density at radius 1 is 1.25 bits per heavy atom. The molecule has 1 saturated carbocycles. The predicted octanol–water partition coefficient (Wildman–Crippen LogP) is 2.48. The lowest BCUT2D eigenvalue weighted by Crippen LogP contribution is -2.30. The van der Waals surface area contributed by atoms with Crippen molar-refractivity contribution in [2.75, 3.05) is 18.8 Å². The van der Waals surface area contributed by atoms with Gasteiger partial charge in [0, 0.05) is 13.1 Å². The van der Waals surface area contributed by atoms with Crippen molar-refractivity contribution in [2.24, 2.45) is 11.8 Å². The largest absolute Gasteiger partial charge is 0.396 e. The van der Waals surface area contributed by atoms with Crippen LogP contribution in [-0.4, -0.2) is 25.8 Å². The van der Waals surface area contributed by atoms with Crippen molar-refractivity contribution >= 4 is 27.3 Å². The van der Waals surface area contributed by atoms with Gasteiger partial charge in [-0.15, -0.1) is 0 Å². The number of fused-ring (bicyclic) bond motifs is 1. The summed E-state index contributed by atoms with van der Waals surface area (Å²) >= 11 is 5.88. The number of hydrogen-bond acceptors (Lipinski definition) is 3. The molecule has 1 aromatic carbocycles. The number of nitrogen functional groups attached to an aromatic ring is 1. The Balaban J connectivity index is 1.95. The lowest BCUT2D eigenvalue weighted by atomic mass is 10.0. The first kappa shape index (κ1) is 14.1. The van der Waals surface area contributed by atoms with E-state index in [1.807, 2.05) is 0 Å². The molecular weight excluding hydrogens is 303 g/mol. The summed E-state index contributed by atoms with van der Waals surface area (Å²) < 4.78 is 40.0. The number of nitrogens with zero attached hydrogens (tertiary/aromatic N) is 1. The zero-order chi connectivity index (χ0) is 14.5. The molecular formula is C13H16ClFN2O2S. The van der Waals surface area contributed by atoms with Crippen molar-refractivity contribution in [2.45, 2.75) is 24.2 Å². The highest BCUT2D eigenvalue weighted by molar-refractivity contribution is 7.89. The summed E-state index contributed by atoms with van der Waals surface area (Å²) in [6, 6.07) is 2.07. The molecule has 1 aliphatic heterocycles. The summed E-state index contributed by atoms with van der Waals surface area (Å²) in [5.41, 5.74) is 5.26. The number of sulfonamides is 1. The number of halogens is 2. The maximum Gasteiger partial charge on any atom is 0.244 e. The van der Waals surface area contributed by atoms with Gasteiger partial charge in [0.2, 0.25) is 10.0 Å². The molecule has 4 nitrogen and oxygen atoms in total. The number of nitrogens with two attached hydrogens (primary N) is 1. The van der Waals surface area contributed by atoms with E-state index in [-0.39, 0.29) is 15.6 Å². The monoisotopic (exact) mass is 318 g/mol. The average molecular weight is 319 g/mol. The quantitative estimate of drug-likeness (QED) is 0.852. The molecule has 7 heteroatoms. The zero-order valence-corrected chi connectivity index (χ0v) is 12.4. The van der Waals surface area contributed by atoms with Gasteiger partial charge in [0.15, 0.2) is 0 Å². The van der Waals surface area contributed by atoms with Gasteiger partial charge in [-0.25, -0.2) is 12.8 Å². The third kappa shape index (κ3) is 2.19. The van der Waals surface area contributed by atoms with Crippen LogP contribution in [-0.2, 0) is 10.0 Å². The second-order valence-corrected chi connectivity index (χ2v) is 7.89. The highest BCUT2D eigenvalue weighted by Gasteiger charge is 2.42. The Kier molecular flexibility index (Phi) is 3.43. The van der Waals surface area contributed by atoms with Crippen LogP contribution < -0.4 is 5.73 Å². The molecule has 110 valence electrons. The fourth-order valence-corrected chi connectivity index (χ4v) is 5.35. The fourth-order valence-electron chi connectivity index (χ4n) is 3.27. The molecule has 2 N–H and O–H groups in total. The Morgan fingerprint density at radius 3 is 2.45 bits per heavy atom. The first-order valence-electron chi connectivity index (χ1n) is 6.64. The van der Waals surface area contributed by atoms with E-state index in [9.17, 15) is 12.8 Å². The molecule has 1 heterocycles. The third-order valence-electron chi connectivity index (χ3n) is 4.36. The van der Waals surface area contributed by atoms with Gasteiger partial charge in [-0.2, -0.15) is 4.31 Å². The summed E-state index contributed by atoms with van der Waals surface area (Å²) in [4.78, 5) is -0.0990. The van der Waals surface area contributed by atoms with E-state index < -0.39 is 15.8 Å². The van der Waals surface area contributed by atoms with Crippen LogP contribution in [0.4, 0.5) is 10.1 Å². The Hall–Kier alpha value is -0.850. The Morgan fingerprint density at radius 2 is 1.85 bits per heavy atom. The van der Waals surface area contributed by atoms with Gasteiger partial charge >= 0.3 is 0 Å². The minimum absolute atomic E-state index is 0.0990. The van der Waals surface area contributed by atoms with Gasteiger partial charge in [0.25, 0.3) is 0 Å². The van der Waals surface area contributed by atoms with Crippen molar-refractivity contribution in [3.05, 3.63) is 23.0 Å². The molecule has 0 radical (unpaired) electrons. The van der Waals surface area contributed by atoms with Gasteiger partial charge in [0.05, 0.1) is 10.7 Å². The van der Waals surface area contributed by atoms with Crippen molar-refractivity contribution in [3.8, 4) is 0 Å². The third-order valence-corrected chi connectivity index (χ3v) is 6.66. The van der Waals surface area contributed by atoms with Crippen molar-refractivity contribution in [1.82, 2.24) is 4.31 Å². The maximum atomic E-state index is 13.3. The van der Waals surface area contributed by atoms with E-state index in [1.165, 1.54) is 10.7 Å². The van der Waals surface area contributed by atoms with Crippen LogP contribution in [0.15, 0.2) is 17.0 Å². The highest BCUT2D eigenvalue weighted by Crippen LogP contribution is 2.40. The first-order valence-corrected chi connectivity index (χ1v) is 8.46. The van der Waals surface area contributed by atoms with E-state index in [0.717, 1.165) is 25.0 Å². The van der Waals surface area contributed by atoms with Crippen LogP contribution in [0.5, 0.6) is 0 Å². The lowest BCUT2D eigenvalue weighted by Gasteiger charge is -2.18. The predicted molar refractivity (Wildman–Crippen MR) is 75.4 cm³/mol. The van der Waals surface area contributed by atoms with Gasteiger partial charge < -0.3 is 5.73 Å². The number of rotatable bonds is 2. The molecule has 2 atom stereocenters. The first-order chi connectivity index (χ1) is 9.39. The molecule has 1 saturated heterocycles. The van der Waals surface area contributed by atoms with Crippen molar-refractivity contribution in [3.63, 3.8) is 0 Å². The van der Waals surface area contributed by atoms with Crippen LogP contribution in [0.2, 0.25) is 5.02 Å². The second kappa shape index (κ2) is 4.86. The number of benzene rings is 1. The summed E-state index contributed by atoms with van der Waals surface area (Å²) in [7, 11) is -3.70. The normalized spacial score (nSPS) is 26.9. The molecule has 0 spiro atoms. The average Bonchev–Trinajstić information content (AvgIpc) is 2.94. The molecule has 20 heavy (non-hydrogen) atoms. The van der Waals surface area contributed by atoms with Crippen LogP contribution in [0.1, 0.15) is 19.3 Å². The van der Waals surface area contributed by atoms with Crippen LogP contribution in [0, 0.1) is 17.7 Å². The smallest absolute Gasteiger partial charge is 0.244 e. The van der Waals surface area contributed by atoms with Gasteiger partial charge in [-0.1, -0.05) is 18.0 Å². The Labute approximate surface area is 122 Å². The van der Waals surface area contributed by atoms with Gasteiger partial charge in [-0.3, -0.25) is 0 Å². The molecule has 1 aromatic rings. The second-order valence-electron chi connectivity index (χ2n) is 5.58. The molecule has 3 rings (SSSR count). The SMILES string of the molecule is Nc1cc(S(=O)(=O)N2CC3CCCC3C2)c(Cl)cc1F. The molecule has 2 aliphatic rings. The van der Waals surface area contributed by atoms with E-state index >= 15 is 0 Å². The molecule has 0 amide bonds. The molecule has 1 aliphatic carbocycles. The van der Waals surface area contributed by atoms with Crippen LogP contribution in [0.3, 0.4) is 0 Å². The molecule has 0 bridgehead atoms. The van der Waals surface area contributed by atoms with Gasteiger partial charge in [0.1, 0.15) is 10.7 Å². The van der Waals surface area contributed by atoms with Crippen LogP contribution >= 0.6 is 11.6 Å². The van der Waals surface area contributed by atoms with Crippen molar-refractivity contribution in [1.29, 1.82) is 0 Å². The number of anilines is 1. The van der Waals surface area contributed by atoms with E-state index in [2.05, 4.69) is 0 Å². The lowest BCUT2D eigenvalue weighted by molar-refractivity contribution is 0.445. The van der Waals surface area contributed by atoms with E-state index in [4.69, 9.17) is 17.3 Å². The standard InChI is InChI=1S/C13H16ClFN2O2S/c14-10-4-11(15)12(16)5-13(10)20(18,19)17-6-8-2-1-3-9(8)7-17/h4-5,8-9H,1-3,6-7,16H2. The van der Waals surface area contributed by atoms with Gasteiger partial charge in [-0.05, 0) is 36.8 Å². The Bertz CT molecular complexity index is 638. The minimum atomic E-state index is -3.70. The van der Waals surface area contributed by atoms with Crippen LogP contribution in [0.25, 0.3) is 0 Å². The number of hydrogen-bond donors (Lipinski definition) is 1. The molecule has 0 aromatic heterocycles.